The van der Waals surface area contributed by atoms with Crippen molar-refractivity contribution >= 4 is 0 Å². The van der Waals surface area contributed by atoms with Gasteiger partial charge in [-0.05, 0) is 32.6 Å². The van der Waals surface area contributed by atoms with Crippen LogP contribution in [0.3, 0.4) is 0 Å². The lowest BCUT2D eigenvalue weighted by Crippen LogP contribution is -2.44. The van der Waals surface area contributed by atoms with Crippen LogP contribution in [-0.4, -0.2) is 18.8 Å². The molecule has 1 N–H and O–H groups in total. The summed E-state index contributed by atoms with van der Waals surface area (Å²) in [5.74, 6) is 0. The highest BCUT2D eigenvalue weighted by atomic mass is 15.1. The third-order valence-corrected chi connectivity index (χ3v) is 2.43. The van der Waals surface area contributed by atoms with Gasteiger partial charge in [-0.15, -0.1) is 0 Å². The summed E-state index contributed by atoms with van der Waals surface area (Å²) in [4.78, 5) is 0. The molecule has 71 valence electrons. The molecule has 0 aliphatic carbocycles. The van der Waals surface area contributed by atoms with Crippen LogP contribution in [0.25, 0.3) is 0 Å². The molecule has 2 nitrogen and oxygen atoms in total. The van der Waals surface area contributed by atoms with Crippen molar-refractivity contribution in [2.75, 3.05) is 6.54 Å². The van der Waals surface area contributed by atoms with Gasteiger partial charge >= 0.3 is 0 Å². The topological polar surface area (TPSA) is 26.1 Å². The highest BCUT2D eigenvalue weighted by Crippen LogP contribution is 2.07. The first-order chi connectivity index (χ1) is 5.83. The van der Waals surface area contributed by atoms with Crippen LogP contribution in [0, 0.1) is 0 Å². The van der Waals surface area contributed by atoms with E-state index in [4.69, 9.17) is 0 Å². The SMILES string of the molecule is CCCC(C)NC1CCCC[N]1. The second kappa shape index (κ2) is 5.55. The van der Waals surface area contributed by atoms with E-state index in [-0.39, 0.29) is 0 Å². The van der Waals surface area contributed by atoms with E-state index in [1.54, 1.807) is 0 Å². The molecule has 2 unspecified atom stereocenters. The zero-order valence-corrected chi connectivity index (χ0v) is 8.34. The Morgan fingerprint density at radius 3 is 2.92 bits per heavy atom. The molecule has 0 bridgehead atoms. The van der Waals surface area contributed by atoms with Gasteiger partial charge in [-0.1, -0.05) is 13.3 Å². The van der Waals surface area contributed by atoms with E-state index in [1.807, 2.05) is 0 Å². The van der Waals surface area contributed by atoms with E-state index in [0.29, 0.717) is 12.2 Å². The average Bonchev–Trinajstić information content (AvgIpc) is 2.06. The second-order valence-electron chi connectivity index (χ2n) is 3.77. The summed E-state index contributed by atoms with van der Waals surface area (Å²) in [6.45, 7) is 5.56. The van der Waals surface area contributed by atoms with Crippen LogP contribution in [0.5, 0.6) is 0 Å². The van der Waals surface area contributed by atoms with Crippen molar-refractivity contribution in [1.29, 1.82) is 0 Å². The molecule has 0 aromatic rings. The molecule has 0 amide bonds. The van der Waals surface area contributed by atoms with E-state index >= 15 is 0 Å². The molecule has 1 aliphatic rings. The number of piperidine rings is 1. The molecule has 12 heavy (non-hydrogen) atoms. The molecule has 2 heteroatoms. The largest absolute Gasteiger partial charge is 0.298 e. The van der Waals surface area contributed by atoms with E-state index < -0.39 is 0 Å². The minimum Gasteiger partial charge on any atom is -0.298 e. The number of nitrogens with one attached hydrogen (secondary N) is 1. The fraction of sp³-hybridized carbons (Fsp3) is 1.00. The first kappa shape index (κ1) is 10.0. The lowest BCUT2D eigenvalue weighted by molar-refractivity contribution is 0.304. The quantitative estimate of drug-likeness (QED) is 0.683. The lowest BCUT2D eigenvalue weighted by atomic mass is 10.1. The van der Waals surface area contributed by atoms with Crippen LogP contribution in [0.15, 0.2) is 0 Å². The van der Waals surface area contributed by atoms with E-state index in [9.17, 15) is 0 Å². The fourth-order valence-corrected chi connectivity index (χ4v) is 1.77. The Labute approximate surface area is 76.1 Å². The number of hydrogen-bond acceptors (Lipinski definition) is 1. The van der Waals surface area contributed by atoms with E-state index in [2.05, 4.69) is 24.5 Å². The van der Waals surface area contributed by atoms with Crippen molar-refractivity contribution in [1.82, 2.24) is 10.6 Å². The van der Waals surface area contributed by atoms with Crippen molar-refractivity contribution in [2.24, 2.45) is 0 Å². The highest BCUT2D eigenvalue weighted by molar-refractivity contribution is 4.72. The van der Waals surface area contributed by atoms with Crippen LogP contribution in [0.2, 0.25) is 0 Å². The standard InChI is InChI=1S/C10H21N2/c1-3-6-9(2)12-10-7-4-5-8-11-10/h9-10,12H,3-8H2,1-2H3. The number of nitrogens with zero attached hydrogens (tertiary/aromatic N) is 1. The first-order valence-electron chi connectivity index (χ1n) is 5.25. The van der Waals surface area contributed by atoms with E-state index in [0.717, 1.165) is 6.54 Å². The molecule has 0 saturated carbocycles. The predicted octanol–water partition coefficient (Wildman–Crippen LogP) is 1.88. The van der Waals surface area contributed by atoms with E-state index in [1.165, 1.54) is 32.1 Å². The number of hydrogen-bond donors (Lipinski definition) is 1. The van der Waals surface area contributed by atoms with Crippen molar-refractivity contribution < 1.29 is 0 Å². The molecule has 0 aromatic carbocycles. The Morgan fingerprint density at radius 2 is 2.33 bits per heavy atom. The van der Waals surface area contributed by atoms with Gasteiger partial charge in [0.25, 0.3) is 0 Å². The van der Waals surface area contributed by atoms with Crippen molar-refractivity contribution in [3.05, 3.63) is 0 Å². The van der Waals surface area contributed by atoms with Gasteiger partial charge in [0.1, 0.15) is 0 Å². The van der Waals surface area contributed by atoms with Gasteiger partial charge in [-0.25, -0.2) is 5.32 Å². The van der Waals surface area contributed by atoms with Gasteiger partial charge in [0.05, 0.1) is 6.17 Å². The molecule has 1 saturated heterocycles. The fourth-order valence-electron chi connectivity index (χ4n) is 1.77. The third kappa shape index (κ3) is 3.55. The summed E-state index contributed by atoms with van der Waals surface area (Å²) in [6.07, 6.45) is 6.88. The summed E-state index contributed by atoms with van der Waals surface area (Å²) < 4.78 is 0. The molecule has 2 atom stereocenters. The Hall–Kier alpha value is -0.0800. The molecule has 1 heterocycles. The zero-order chi connectivity index (χ0) is 8.81. The normalized spacial score (nSPS) is 27.0. The smallest absolute Gasteiger partial charge is 0.0737 e. The van der Waals surface area contributed by atoms with Crippen LogP contribution in [-0.2, 0) is 0 Å². The number of rotatable bonds is 4. The summed E-state index contributed by atoms with van der Waals surface area (Å²) in [7, 11) is 0. The van der Waals surface area contributed by atoms with Gasteiger partial charge in [-0.2, -0.15) is 0 Å². The summed E-state index contributed by atoms with van der Waals surface area (Å²) in [5, 5.41) is 8.09. The van der Waals surface area contributed by atoms with Gasteiger partial charge in [-0.3, -0.25) is 5.32 Å². The Bertz CT molecular complexity index is 108. The summed E-state index contributed by atoms with van der Waals surface area (Å²) in [6, 6.07) is 0.641. The minimum absolute atomic E-state index is 0.459. The first-order valence-corrected chi connectivity index (χ1v) is 5.25. The average molecular weight is 169 g/mol. The molecule has 1 fully saturated rings. The maximum Gasteiger partial charge on any atom is 0.0737 e. The van der Waals surface area contributed by atoms with Crippen LogP contribution in [0.4, 0.5) is 0 Å². The molecular weight excluding hydrogens is 148 g/mol. The van der Waals surface area contributed by atoms with Crippen molar-refractivity contribution in [3.63, 3.8) is 0 Å². The zero-order valence-electron chi connectivity index (χ0n) is 8.34. The molecule has 1 rings (SSSR count). The predicted molar refractivity (Wildman–Crippen MR) is 52.1 cm³/mol. The second-order valence-corrected chi connectivity index (χ2v) is 3.77. The lowest BCUT2D eigenvalue weighted by Gasteiger charge is -2.26. The molecular formula is C10H21N2. The van der Waals surface area contributed by atoms with Crippen molar-refractivity contribution in [2.45, 2.75) is 58.2 Å². The van der Waals surface area contributed by atoms with Crippen LogP contribution in [0.1, 0.15) is 46.0 Å². The molecule has 0 aromatic heterocycles. The van der Waals surface area contributed by atoms with Crippen LogP contribution < -0.4 is 10.6 Å². The molecule has 0 spiro atoms. The monoisotopic (exact) mass is 169 g/mol. The van der Waals surface area contributed by atoms with Gasteiger partial charge in [0.15, 0.2) is 0 Å². The third-order valence-electron chi connectivity index (χ3n) is 2.43. The Balaban J connectivity index is 2.11. The maximum absolute atomic E-state index is 4.54. The van der Waals surface area contributed by atoms with Crippen LogP contribution >= 0.6 is 0 Å². The summed E-state index contributed by atoms with van der Waals surface area (Å²) in [5.41, 5.74) is 0. The van der Waals surface area contributed by atoms with Gasteiger partial charge < -0.3 is 0 Å². The Morgan fingerprint density at radius 1 is 1.50 bits per heavy atom. The van der Waals surface area contributed by atoms with Crippen molar-refractivity contribution in [3.8, 4) is 0 Å². The maximum atomic E-state index is 4.54. The molecule has 1 aliphatic heterocycles. The molecule has 1 radical (unpaired) electrons. The highest BCUT2D eigenvalue weighted by Gasteiger charge is 2.14. The Kier molecular flexibility index (Phi) is 4.62. The van der Waals surface area contributed by atoms with Gasteiger partial charge in [0.2, 0.25) is 0 Å². The van der Waals surface area contributed by atoms with Gasteiger partial charge in [0, 0.05) is 12.6 Å². The minimum atomic E-state index is 0.459. The summed E-state index contributed by atoms with van der Waals surface area (Å²) >= 11 is 0.